The summed E-state index contributed by atoms with van der Waals surface area (Å²) in [4.78, 5) is 12.0. The third-order valence-corrected chi connectivity index (χ3v) is 3.30. The van der Waals surface area contributed by atoms with Crippen LogP contribution in [-0.2, 0) is 0 Å². The molecule has 23 heavy (non-hydrogen) atoms. The maximum Gasteiger partial charge on any atom is 0.343 e. The van der Waals surface area contributed by atoms with Crippen molar-refractivity contribution in [2.75, 3.05) is 0 Å². The largest absolute Gasteiger partial charge is 0.457 e. The van der Waals surface area contributed by atoms with Crippen LogP contribution in [0.25, 0.3) is 0 Å². The van der Waals surface area contributed by atoms with Crippen molar-refractivity contribution in [3.8, 4) is 17.2 Å². The van der Waals surface area contributed by atoms with E-state index in [1.165, 1.54) is 0 Å². The van der Waals surface area contributed by atoms with Crippen LogP contribution in [0.2, 0.25) is 0 Å². The van der Waals surface area contributed by atoms with Gasteiger partial charge in [0.1, 0.15) is 17.2 Å². The molecule has 0 aromatic heterocycles. The van der Waals surface area contributed by atoms with Gasteiger partial charge in [-0.1, -0.05) is 35.9 Å². The van der Waals surface area contributed by atoms with Gasteiger partial charge in [-0.2, -0.15) is 0 Å². The Bertz CT molecular complexity index is 775. The Labute approximate surface area is 135 Å². The van der Waals surface area contributed by atoms with Gasteiger partial charge in [-0.15, -0.1) is 0 Å². The van der Waals surface area contributed by atoms with Gasteiger partial charge in [0.15, 0.2) is 0 Å². The molecule has 0 spiro atoms. The minimum absolute atomic E-state index is 0.373. The summed E-state index contributed by atoms with van der Waals surface area (Å²) in [6, 6.07) is 23.7. The molecule has 0 fully saturated rings. The zero-order valence-electron chi connectivity index (χ0n) is 12.7. The van der Waals surface area contributed by atoms with E-state index in [0.29, 0.717) is 17.1 Å². The fourth-order valence-electron chi connectivity index (χ4n) is 2.06. The smallest absolute Gasteiger partial charge is 0.343 e. The van der Waals surface area contributed by atoms with Gasteiger partial charge in [0.05, 0.1) is 5.56 Å². The lowest BCUT2D eigenvalue weighted by Gasteiger charge is -2.07. The van der Waals surface area contributed by atoms with Crippen LogP contribution in [0.4, 0.5) is 0 Å². The summed E-state index contributed by atoms with van der Waals surface area (Å²) in [7, 11) is 0. The minimum atomic E-state index is -0.373. The molecule has 114 valence electrons. The molecule has 0 heterocycles. The van der Waals surface area contributed by atoms with E-state index < -0.39 is 0 Å². The highest BCUT2D eigenvalue weighted by Crippen LogP contribution is 2.24. The molecule has 0 aliphatic carbocycles. The first-order valence-electron chi connectivity index (χ1n) is 7.32. The first-order chi connectivity index (χ1) is 11.2. The van der Waals surface area contributed by atoms with E-state index in [2.05, 4.69) is 0 Å². The van der Waals surface area contributed by atoms with Crippen LogP contribution < -0.4 is 9.47 Å². The molecular weight excluding hydrogens is 288 g/mol. The fraction of sp³-hybridized carbons (Fsp3) is 0.0500. The van der Waals surface area contributed by atoms with Crippen molar-refractivity contribution in [3.05, 3.63) is 90.0 Å². The van der Waals surface area contributed by atoms with Gasteiger partial charge in [0.2, 0.25) is 0 Å². The summed E-state index contributed by atoms with van der Waals surface area (Å²) < 4.78 is 11.0. The molecule has 0 aliphatic heterocycles. The number of para-hydroxylation sites is 1. The first kappa shape index (κ1) is 14.9. The molecule has 0 atom stereocenters. The van der Waals surface area contributed by atoms with Crippen LogP contribution in [0.1, 0.15) is 15.9 Å². The third kappa shape index (κ3) is 3.98. The van der Waals surface area contributed by atoms with E-state index in [-0.39, 0.29) is 5.97 Å². The molecule has 0 radical (unpaired) electrons. The zero-order chi connectivity index (χ0) is 16.1. The minimum Gasteiger partial charge on any atom is -0.457 e. The Morgan fingerprint density at radius 3 is 1.91 bits per heavy atom. The number of hydrogen-bond acceptors (Lipinski definition) is 3. The molecule has 3 nitrogen and oxygen atoms in total. The van der Waals surface area contributed by atoms with E-state index in [1.54, 1.807) is 36.4 Å². The van der Waals surface area contributed by atoms with Gasteiger partial charge in [0, 0.05) is 0 Å². The number of hydrogen-bond donors (Lipinski definition) is 0. The first-order valence-corrected chi connectivity index (χ1v) is 7.32. The van der Waals surface area contributed by atoms with Crippen LogP contribution >= 0.6 is 0 Å². The predicted octanol–water partition coefficient (Wildman–Crippen LogP) is 5.01. The molecule has 0 aliphatic rings. The Kier molecular flexibility index (Phi) is 4.39. The topological polar surface area (TPSA) is 35.5 Å². The molecule has 0 amide bonds. The second kappa shape index (κ2) is 6.79. The van der Waals surface area contributed by atoms with Crippen molar-refractivity contribution >= 4 is 5.97 Å². The number of aryl methyl sites for hydroxylation is 1. The average molecular weight is 304 g/mol. The van der Waals surface area contributed by atoms with Gasteiger partial charge in [0.25, 0.3) is 0 Å². The van der Waals surface area contributed by atoms with Gasteiger partial charge >= 0.3 is 5.97 Å². The van der Waals surface area contributed by atoms with E-state index in [1.807, 2.05) is 49.4 Å². The lowest BCUT2D eigenvalue weighted by atomic mass is 10.1. The van der Waals surface area contributed by atoms with Crippen LogP contribution in [0.15, 0.2) is 78.9 Å². The quantitative estimate of drug-likeness (QED) is 0.502. The summed E-state index contributed by atoms with van der Waals surface area (Å²) in [5, 5.41) is 0. The molecule has 0 N–H and O–H groups in total. The summed E-state index contributed by atoms with van der Waals surface area (Å²) in [5.41, 5.74) is 1.63. The molecule has 3 heteroatoms. The Hall–Kier alpha value is -3.07. The van der Waals surface area contributed by atoms with E-state index in [9.17, 15) is 4.79 Å². The second-order valence-electron chi connectivity index (χ2n) is 5.14. The lowest BCUT2D eigenvalue weighted by molar-refractivity contribution is 0.0734. The van der Waals surface area contributed by atoms with Crippen LogP contribution in [0.5, 0.6) is 17.2 Å². The molecule has 3 rings (SSSR count). The molecular formula is C20H16O3. The van der Waals surface area contributed by atoms with Gasteiger partial charge in [-0.25, -0.2) is 4.79 Å². The van der Waals surface area contributed by atoms with Crippen molar-refractivity contribution < 1.29 is 14.3 Å². The maximum atomic E-state index is 12.0. The third-order valence-electron chi connectivity index (χ3n) is 3.30. The highest BCUT2D eigenvalue weighted by Gasteiger charge is 2.08. The van der Waals surface area contributed by atoms with Crippen molar-refractivity contribution in [3.63, 3.8) is 0 Å². The van der Waals surface area contributed by atoms with Gasteiger partial charge in [-0.05, 0) is 55.5 Å². The van der Waals surface area contributed by atoms with Crippen molar-refractivity contribution in [1.82, 2.24) is 0 Å². The lowest BCUT2D eigenvalue weighted by Crippen LogP contribution is -2.08. The van der Waals surface area contributed by atoms with Gasteiger partial charge in [-0.3, -0.25) is 0 Å². The molecule has 0 bridgehead atoms. The summed E-state index contributed by atoms with van der Waals surface area (Å²) in [6.45, 7) is 1.97. The van der Waals surface area contributed by atoms with E-state index in [0.717, 1.165) is 11.3 Å². The maximum absolute atomic E-state index is 12.0. The molecule has 0 saturated heterocycles. The van der Waals surface area contributed by atoms with E-state index in [4.69, 9.17) is 9.47 Å². The van der Waals surface area contributed by atoms with Crippen molar-refractivity contribution in [2.45, 2.75) is 6.92 Å². The Balaban J connectivity index is 1.65. The molecule has 3 aromatic carbocycles. The molecule has 0 saturated carbocycles. The monoisotopic (exact) mass is 304 g/mol. The summed E-state index contributed by atoms with van der Waals surface area (Å²) in [6.07, 6.45) is 0. The Morgan fingerprint density at radius 1 is 0.696 bits per heavy atom. The van der Waals surface area contributed by atoms with Crippen LogP contribution in [-0.4, -0.2) is 5.97 Å². The summed E-state index contributed by atoms with van der Waals surface area (Å²) >= 11 is 0. The fourth-order valence-corrected chi connectivity index (χ4v) is 2.06. The molecule has 0 unspecified atom stereocenters. The van der Waals surface area contributed by atoms with Crippen molar-refractivity contribution in [2.24, 2.45) is 0 Å². The number of carbonyl (C=O) groups is 1. The number of esters is 1. The number of benzene rings is 3. The van der Waals surface area contributed by atoms with Crippen LogP contribution in [0.3, 0.4) is 0 Å². The SMILES string of the molecule is Cc1ccc(C(=O)Oc2ccc(Oc3ccccc3)cc2)cc1. The standard InChI is InChI=1S/C20H16O3/c1-15-7-9-16(10-8-15)20(21)23-19-13-11-18(12-14-19)22-17-5-3-2-4-6-17/h2-14H,1H3. The summed E-state index contributed by atoms with van der Waals surface area (Å²) in [5.74, 6) is 1.56. The van der Waals surface area contributed by atoms with Crippen molar-refractivity contribution in [1.29, 1.82) is 0 Å². The zero-order valence-corrected chi connectivity index (χ0v) is 12.7. The highest BCUT2D eigenvalue weighted by molar-refractivity contribution is 5.91. The average Bonchev–Trinajstić information content (AvgIpc) is 2.58. The normalized spacial score (nSPS) is 10.1. The van der Waals surface area contributed by atoms with Gasteiger partial charge < -0.3 is 9.47 Å². The number of carbonyl (C=O) groups excluding carboxylic acids is 1. The number of ether oxygens (including phenoxy) is 2. The second-order valence-corrected chi connectivity index (χ2v) is 5.14. The Morgan fingerprint density at radius 2 is 1.26 bits per heavy atom. The number of rotatable bonds is 4. The molecule has 3 aromatic rings. The van der Waals surface area contributed by atoms with Crippen LogP contribution in [0, 0.1) is 6.92 Å². The van der Waals surface area contributed by atoms with E-state index >= 15 is 0 Å². The highest BCUT2D eigenvalue weighted by atomic mass is 16.5. The predicted molar refractivity (Wildman–Crippen MR) is 89.1 cm³/mol.